The van der Waals surface area contributed by atoms with Crippen LogP contribution in [0.2, 0.25) is 36.4 Å². The van der Waals surface area contributed by atoms with E-state index in [9.17, 15) is 0 Å². The molecule has 0 nitrogen and oxygen atoms in total. The number of hydrogen-bond donors (Lipinski definition) is 0. The quantitative estimate of drug-likeness (QED) is 0.252. The van der Waals surface area contributed by atoms with Gasteiger partial charge in [0, 0.05) is 0 Å². The van der Waals surface area contributed by atoms with Crippen LogP contribution in [0.25, 0.3) is 0 Å². The van der Waals surface area contributed by atoms with Gasteiger partial charge in [-0.25, -0.2) is 0 Å². The van der Waals surface area contributed by atoms with Crippen LogP contribution in [0.1, 0.15) is 195 Å². The summed E-state index contributed by atoms with van der Waals surface area (Å²) in [5.41, 5.74) is 1.02. The molecule has 3 fully saturated rings. The lowest BCUT2D eigenvalue weighted by molar-refractivity contribution is 0.459. The molecule has 248 valence electrons. The molecule has 3 saturated carbocycles. The van der Waals surface area contributed by atoms with Gasteiger partial charge in [0.15, 0.2) is 0 Å². The van der Waals surface area contributed by atoms with E-state index >= 15 is 0 Å². The Morgan fingerprint density at radius 2 is 0.902 bits per heavy atom. The molecule has 0 bridgehead atoms. The molecule has 0 N–H and O–H groups in total. The van der Waals surface area contributed by atoms with Crippen molar-refractivity contribution in [3.63, 3.8) is 0 Å². The van der Waals surface area contributed by atoms with Crippen molar-refractivity contribution in [3.05, 3.63) is 0 Å². The van der Waals surface area contributed by atoms with Crippen LogP contribution in [0.5, 0.6) is 0 Å². The molecule has 0 heterocycles. The van der Waals surface area contributed by atoms with Gasteiger partial charge in [0.25, 0.3) is 0 Å². The third kappa shape index (κ3) is 23.2. The molecule has 41 heavy (non-hydrogen) atoms. The fourth-order valence-electron chi connectivity index (χ4n) is 7.65. The van der Waals surface area contributed by atoms with Crippen LogP contribution in [-0.2, 0) is 0 Å². The summed E-state index contributed by atoms with van der Waals surface area (Å²) in [6.45, 7) is 39.6. The molecule has 0 radical (unpaired) electrons. The Kier molecular flexibility index (Phi) is 29.5. The summed E-state index contributed by atoms with van der Waals surface area (Å²) in [7, 11) is 0. The van der Waals surface area contributed by atoms with Crippen molar-refractivity contribution in [1.82, 2.24) is 0 Å². The molecular formula is C39H86B2. The largest absolute Gasteiger partial charge is 0.146 e. The first-order chi connectivity index (χ1) is 19.3. The van der Waals surface area contributed by atoms with Crippen LogP contribution in [0, 0.1) is 22.7 Å². The highest BCUT2D eigenvalue weighted by Gasteiger charge is 2.37. The zero-order chi connectivity index (χ0) is 32.6. The molecule has 4 atom stereocenters. The van der Waals surface area contributed by atoms with E-state index in [1.807, 2.05) is 41.5 Å². The van der Waals surface area contributed by atoms with Gasteiger partial charge in [-0.1, -0.05) is 231 Å². The van der Waals surface area contributed by atoms with Crippen LogP contribution < -0.4 is 0 Å². The van der Waals surface area contributed by atoms with Crippen molar-refractivity contribution < 1.29 is 0 Å². The monoisotopic (exact) mass is 577 g/mol. The third-order valence-electron chi connectivity index (χ3n) is 9.47. The van der Waals surface area contributed by atoms with Crippen LogP contribution in [0.4, 0.5) is 0 Å². The minimum absolute atomic E-state index is 0.500. The van der Waals surface area contributed by atoms with Crippen molar-refractivity contribution in [2.24, 2.45) is 22.7 Å². The van der Waals surface area contributed by atoms with Crippen molar-refractivity contribution in [2.75, 3.05) is 0 Å². The van der Waals surface area contributed by atoms with Crippen LogP contribution in [0.15, 0.2) is 0 Å². The van der Waals surface area contributed by atoms with Gasteiger partial charge in [-0.3, -0.25) is 0 Å². The normalized spacial score (nSPS) is 23.6. The second-order valence-corrected chi connectivity index (χ2v) is 15.7. The summed E-state index contributed by atoms with van der Waals surface area (Å²) in [6, 6.07) is 0. The van der Waals surface area contributed by atoms with E-state index < -0.39 is 0 Å². The summed E-state index contributed by atoms with van der Waals surface area (Å²) in [6.07, 6.45) is 22.4. The Bertz CT molecular complexity index is 517. The summed E-state index contributed by atoms with van der Waals surface area (Å²) >= 11 is 0. The second kappa shape index (κ2) is 26.5. The number of hydrogen-bond acceptors (Lipinski definition) is 0. The zero-order valence-corrected chi connectivity index (χ0v) is 32.6. The van der Waals surface area contributed by atoms with E-state index in [0.29, 0.717) is 10.8 Å². The maximum absolute atomic E-state index is 2.43. The van der Waals surface area contributed by atoms with Gasteiger partial charge in [-0.2, -0.15) is 0 Å². The molecule has 3 aliphatic rings. The van der Waals surface area contributed by atoms with Gasteiger partial charge in [-0.05, 0) is 22.7 Å². The first-order valence-corrected chi connectivity index (χ1v) is 19.3. The van der Waals surface area contributed by atoms with Crippen molar-refractivity contribution in [3.8, 4) is 0 Å². The first-order valence-electron chi connectivity index (χ1n) is 19.3. The minimum Gasteiger partial charge on any atom is -0.0768 e. The second-order valence-electron chi connectivity index (χ2n) is 15.7. The molecular weight excluding hydrogens is 490 g/mol. The lowest BCUT2D eigenvalue weighted by Crippen LogP contribution is -2.24. The highest BCUT2D eigenvalue weighted by atomic mass is 14.3. The topological polar surface area (TPSA) is 0 Å². The van der Waals surface area contributed by atoms with Crippen LogP contribution in [0.3, 0.4) is 0 Å². The standard InChI is InChI=1S/C14H27B.C14H29B.C5H12.3C2H6/c1-3-12-9-10-14(11-12)15(4-2)13-7-5-6-8-13;1-6-12-8-9-13(10-12)15(7-2)11-14(3,4)5;1-5(2,3)4;3*1-2/h12-14H,3-11H2,1-2H3;12-13H,6-11H2,1-5H3;1-4H3;3*1-2H3. The van der Waals surface area contributed by atoms with Crippen molar-refractivity contribution >= 4 is 13.4 Å². The highest BCUT2D eigenvalue weighted by molar-refractivity contribution is 6.62. The van der Waals surface area contributed by atoms with Gasteiger partial charge >= 0.3 is 0 Å². The fourth-order valence-corrected chi connectivity index (χ4v) is 7.65. The highest BCUT2D eigenvalue weighted by Crippen LogP contribution is 2.47. The maximum Gasteiger partial charge on any atom is 0.146 e. The van der Waals surface area contributed by atoms with Gasteiger partial charge < -0.3 is 0 Å². The van der Waals surface area contributed by atoms with Gasteiger partial charge in [-0.15, -0.1) is 0 Å². The van der Waals surface area contributed by atoms with E-state index in [0.717, 1.165) is 42.7 Å². The first kappa shape index (κ1) is 45.6. The summed E-state index contributed by atoms with van der Waals surface area (Å²) in [4.78, 5) is 0. The van der Waals surface area contributed by atoms with E-state index in [1.165, 1.54) is 70.3 Å². The van der Waals surface area contributed by atoms with Crippen LogP contribution in [-0.4, -0.2) is 13.4 Å². The molecule has 0 spiro atoms. The van der Waals surface area contributed by atoms with E-state index in [1.54, 1.807) is 25.7 Å². The molecule has 0 aromatic heterocycles. The SMILES string of the molecule is CC.CC.CC.CC(C)(C)C.CCB(C1CCCC1)C1CCC(CC)C1.CCB(CC(C)(C)C)C1CCC(CC)C1. The van der Waals surface area contributed by atoms with Crippen LogP contribution >= 0.6 is 0 Å². The lowest BCUT2D eigenvalue weighted by Gasteiger charge is -2.27. The van der Waals surface area contributed by atoms with Gasteiger partial charge in [0.05, 0.1) is 0 Å². The Morgan fingerprint density at radius 1 is 0.512 bits per heavy atom. The molecule has 0 aromatic rings. The predicted octanol–water partition coefficient (Wildman–Crippen LogP) is 15.3. The molecule has 2 heteroatoms. The minimum atomic E-state index is 0.500. The average Bonchev–Trinajstić information content (AvgIpc) is 3.73. The third-order valence-corrected chi connectivity index (χ3v) is 9.47. The Balaban J connectivity index is -0.000000525. The molecule has 0 aromatic carbocycles. The summed E-state index contributed by atoms with van der Waals surface area (Å²) in [5, 5.41) is 0. The Hall–Kier alpha value is 0.130. The molecule has 4 unspecified atom stereocenters. The maximum atomic E-state index is 2.43. The Labute approximate surface area is 266 Å². The summed E-state index contributed by atoms with van der Waals surface area (Å²) < 4.78 is 0. The number of rotatable bonds is 8. The van der Waals surface area contributed by atoms with Gasteiger partial charge in [0.2, 0.25) is 0 Å². The zero-order valence-electron chi connectivity index (χ0n) is 32.6. The molecule has 0 saturated heterocycles. The van der Waals surface area contributed by atoms with E-state index in [4.69, 9.17) is 0 Å². The van der Waals surface area contributed by atoms with E-state index in [2.05, 4.69) is 76.2 Å². The smallest absolute Gasteiger partial charge is 0.0768 e. The van der Waals surface area contributed by atoms with Crippen molar-refractivity contribution in [1.29, 1.82) is 0 Å². The lowest BCUT2D eigenvalue weighted by atomic mass is 9.31. The summed E-state index contributed by atoms with van der Waals surface area (Å²) in [5.74, 6) is 5.37. The van der Waals surface area contributed by atoms with E-state index in [-0.39, 0.29) is 0 Å². The van der Waals surface area contributed by atoms with Crippen molar-refractivity contribution in [2.45, 2.75) is 231 Å². The predicted molar refractivity (Wildman–Crippen MR) is 201 cm³/mol. The molecule has 3 rings (SSSR count). The fraction of sp³-hybridized carbons (Fsp3) is 1.00. The molecule has 0 aliphatic heterocycles. The Morgan fingerprint density at radius 3 is 1.22 bits per heavy atom. The average molecular weight is 577 g/mol. The molecule has 0 amide bonds. The molecule has 3 aliphatic carbocycles. The van der Waals surface area contributed by atoms with Gasteiger partial charge in [0.1, 0.15) is 13.4 Å².